The molecule has 0 unspecified atom stereocenters. The molecule has 1 aliphatic rings. The van der Waals surface area contributed by atoms with Crippen LogP contribution in [0.2, 0.25) is 0 Å². The van der Waals surface area contributed by atoms with E-state index in [9.17, 15) is 5.11 Å². The minimum atomic E-state index is 0.0239. The number of hydrogen-bond donors (Lipinski definition) is 2. The molecule has 0 spiro atoms. The van der Waals surface area contributed by atoms with Crippen molar-refractivity contribution in [3.63, 3.8) is 0 Å². The standard InChI is InChI=1S/C14H23N3O3/c1-19-12-11(13(20-2)17-10-16-12)7-15-8-14(9-18)5-3-4-6-14/h10,15,18H,3-9H2,1-2H3. The molecule has 112 valence electrons. The lowest BCUT2D eigenvalue weighted by molar-refractivity contribution is 0.128. The summed E-state index contributed by atoms with van der Waals surface area (Å²) in [6.07, 6.45) is 5.98. The molecule has 1 heterocycles. The van der Waals surface area contributed by atoms with Gasteiger partial charge in [-0.05, 0) is 12.8 Å². The summed E-state index contributed by atoms with van der Waals surface area (Å²) in [4.78, 5) is 8.18. The van der Waals surface area contributed by atoms with Crippen molar-refractivity contribution >= 4 is 0 Å². The molecule has 0 amide bonds. The number of methoxy groups -OCH3 is 2. The highest BCUT2D eigenvalue weighted by Crippen LogP contribution is 2.37. The molecular weight excluding hydrogens is 258 g/mol. The van der Waals surface area contributed by atoms with E-state index < -0.39 is 0 Å². The number of aliphatic hydroxyl groups excluding tert-OH is 1. The summed E-state index contributed by atoms with van der Waals surface area (Å²) in [5, 5.41) is 13.0. The molecule has 20 heavy (non-hydrogen) atoms. The maximum atomic E-state index is 9.60. The van der Waals surface area contributed by atoms with E-state index in [0.717, 1.165) is 24.9 Å². The normalized spacial score (nSPS) is 17.1. The average molecular weight is 281 g/mol. The molecule has 6 nitrogen and oxygen atoms in total. The van der Waals surface area contributed by atoms with Crippen LogP contribution in [0.25, 0.3) is 0 Å². The summed E-state index contributed by atoms with van der Waals surface area (Å²) in [5.74, 6) is 1.04. The molecule has 0 saturated heterocycles. The van der Waals surface area contributed by atoms with Crippen LogP contribution in [0.4, 0.5) is 0 Å². The Morgan fingerprint density at radius 3 is 2.30 bits per heavy atom. The van der Waals surface area contributed by atoms with Crippen molar-refractivity contribution in [3.8, 4) is 11.8 Å². The molecule has 0 atom stereocenters. The van der Waals surface area contributed by atoms with Gasteiger partial charge in [0.1, 0.15) is 6.33 Å². The van der Waals surface area contributed by atoms with Gasteiger partial charge in [0.05, 0.1) is 19.8 Å². The summed E-state index contributed by atoms with van der Waals surface area (Å²) in [7, 11) is 3.16. The minimum absolute atomic E-state index is 0.0239. The van der Waals surface area contributed by atoms with Gasteiger partial charge < -0.3 is 19.9 Å². The van der Waals surface area contributed by atoms with Crippen molar-refractivity contribution in [2.24, 2.45) is 5.41 Å². The number of nitrogens with zero attached hydrogens (tertiary/aromatic N) is 2. The Hall–Kier alpha value is -1.40. The van der Waals surface area contributed by atoms with E-state index in [1.165, 1.54) is 19.2 Å². The Labute approximate surface area is 119 Å². The van der Waals surface area contributed by atoms with Gasteiger partial charge in [0.25, 0.3) is 0 Å². The Kier molecular flexibility index (Phi) is 5.14. The van der Waals surface area contributed by atoms with Crippen LogP contribution in [0.1, 0.15) is 31.2 Å². The predicted octanol–water partition coefficient (Wildman–Crippen LogP) is 1.14. The van der Waals surface area contributed by atoms with Crippen LogP contribution in [-0.4, -0.2) is 42.4 Å². The number of hydrogen-bond acceptors (Lipinski definition) is 6. The van der Waals surface area contributed by atoms with E-state index in [4.69, 9.17) is 9.47 Å². The van der Waals surface area contributed by atoms with E-state index in [-0.39, 0.29) is 12.0 Å². The van der Waals surface area contributed by atoms with Gasteiger partial charge in [-0.3, -0.25) is 0 Å². The Balaban J connectivity index is 2.00. The van der Waals surface area contributed by atoms with Crippen molar-refractivity contribution in [1.82, 2.24) is 15.3 Å². The van der Waals surface area contributed by atoms with Gasteiger partial charge >= 0.3 is 0 Å². The number of rotatable bonds is 7. The maximum Gasteiger partial charge on any atom is 0.224 e. The van der Waals surface area contributed by atoms with Crippen LogP contribution in [0.15, 0.2) is 6.33 Å². The topological polar surface area (TPSA) is 76.5 Å². The highest BCUT2D eigenvalue weighted by molar-refractivity contribution is 5.34. The molecule has 1 aromatic heterocycles. The molecule has 6 heteroatoms. The molecule has 0 bridgehead atoms. The molecule has 0 aromatic carbocycles. The second-order valence-electron chi connectivity index (χ2n) is 5.34. The Bertz CT molecular complexity index is 411. The van der Waals surface area contributed by atoms with Crippen LogP contribution in [0.3, 0.4) is 0 Å². The second-order valence-corrected chi connectivity index (χ2v) is 5.34. The lowest BCUT2D eigenvalue weighted by Gasteiger charge is -2.26. The van der Waals surface area contributed by atoms with Gasteiger partial charge in [-0.25, -0.2) is 9.97 Å². The SMILES string of the molecule is COc1ncnc(OC)c1CNCC1(CO)CCCC1. The fourth-order valence-corrected chi connectivity index (χ4v) is 2.85. The van der Waals surface area contributed by atoms with Gasteiger partial charge in [-0.1, -0.05) is 12.8 Å². The number of ether oxygens (including phenoxy) is 2. The number of aliphatic hydroxyl groups is 1. The van der Waals surface area contributed by atoms with Crippen molar-refractivity contribution in [2.45, 2.75) is 32.2 Å². The number of nitrogens with one attached hydrogen (secondary N) is 1. The smallest absolute Gasteiger partial charge is 0.224 e. The second kappa shape index (κ2) is 6.85. The highest BCUT2D eigenvalue weighted by Gasteiger charge is 2.32. The Morgan fingerprint density at radius 1 is 1.20 bits per heavy atom. The van der Waals surface area contributed by atoms with Gasteiger partial charge in [-0.2, -0.15) is 0 Å². The van der Waals surface area contributed by atoms with Gasteiger partial charge in [0.15, 0.2) is 0 Å². The third-order valence-corrected chi connectivity index (χ3v) is 4.05. The fourth-order valence-electron chi connectivity index (χ4n) is 2.85. The number of aromatic nitrogens is 2. The summed E-state index contributed by atoms with van der Waals surface area (Å²) >= 11 is 0. The van der Waals surface area contributed by atoms with Crippen molar-refractivity contribution in [2.75, 3.05) is 27.4 Å². The van der Waals surface area contributed by atoms with Crippen LogP contribution >= 0.6 is 0 Å². The fraction of sp³-hybridized carbons (Fsp3) is 0.714. The monoisotopic (exact) mass is 281 g/mol. The first kappa shape index (κ1) is 15.0. The zero-order valence-electron chi connectivity index (χ0n) is 12.2. The summed E-state index contributed by atoms with van der Waals surface area (Å²) < 4.78 is 10.5. The molecular formula is C14H23N3O3. The quantitative estimate of drug-likeness (QED) is 0.780. The van der Waals surface area contributed by atoms with Crippen molar-refractivity contribution in [1.29, 1.82) is 0 Å². The van der Waals surface area contributed by atoms with E-state index in [1.54, 1.807) is 14.2 Å². The molecule has 0 radical (unpaired) electrons. The maximum absolute atomic E-state index is 9.60. The molecule has 2 rings (SSSR count). The van der Waals surface area contributed by atoms with Gasteiger partial charge in [0, 0.05) is 25.1 Å². The molecule has 1 aromatic rings. The van der Waals surface area contributed by atoms with Crippen molar-refractivity contribution < 1.29 is 14.6 Å². The van der Waals surface area contributed by atoms with Crippen LogP contribution in [0.5, 0.6) is 11.8 Å². The zero-order chi connectivity index (χ0) is 14.4. The summed E-state index contributed by atoms with van der Waals surface area (Å²) in [6, 6.07) is 0. The average Bonchev–Trinajstić information content (AvgIpc) is 2.96. The van der Waals surface area contributed by atoms with Crippen molar-refractivity contribution in [3.05, 3.63) is 11.9 Å². The molecule has 1 fully saturated rings. The third-order valence-electron chi connectivity index (χ3n) is 4.05. The summed E-state index contributed by atoms with van der Waals surface area (Å²) in [6.45, 7) is 1.58. The van der Waals surface area contributed by atoms with E-state index in [2.05, 4.69) is 15.3 Å². The summed E-state index contributed by atoms with van der Waals surface area (Å²) in [5.41, 5.74) is 0.833. The van der Waals surface area contributed by atoms with E-state index in [0.29, 0.717) is 18.3 Å². The van der Waals surface area contributed by atoms with Gasteiger partial charge in [0.2, 0.25) is 11.8 Å². The van der Waals surface area contributed by atoms with E-state index in [1.807, 2.05) is 0 Å². The first-order valence-corrected chi connectivity index (χ1v) is 6.98. The van der Waals surface area contributed by atoms with Crippen LogP contribution < -0.4 is 14.8 Å². The largest absolute Gasteiger partial charge is 0.481 e. The third kappa shape index (κ3) is 3.19. The lowest BCUT2D eigenvalue weighted by atomic mass is 9.87. The van der Waals surface area contributed by atoms with Gasteiger partial charge in [-0.15, -0.1) is 0 Å². The minimum Gasteiger partial charge on any atom is -0.481 e. The van der Waals surface area contributed by atoms with Crippen LogP contribution in [-0.2, 0) is 6.54 Å². The highest BCUT2D eigenvalue weighted by atomic mass is 16.5. The molecule has 2 N–H and O–H groups in total. The van der Waals surface area contributed by atoms with Crippen LogP contribution in [0, 0.1) is 5.41 Å². The zero-order valence-corrected chi connectivity index (χ0v) is 12.2. The van der Waals surface area contributed by atoms with E-state index >= 15 is 0 Å². The molecule has 1 aliphatic carbocycles. The molecule has 0 aliphatic heterocycles. The Morgan fingerprint density at radius 2 is 1.80 bits per heavy atom. The first-order valence-electron chi connectivity index (χ1n) is 6.98. The first-order chi connectivity index (χ1) is 9.74. The lowest BCUT2D eigenvalue weighted by Crippen LogP contribution is -2.35. The predicted molar refractivity (Wildman–Crippen MR) is 74.8 cm³/mol. The molecule has 1 saturated carbocycles.